The summed E-state index contributed by atoms with van der Waals surface area (Å²) in [6.07, 6.45) is 4.03. The number of aromatic nitrogens is 3. The van der Waals surface area contributed by atoms with Crippen LogP contribution in [0.3, 0.4) is 0 Å². The van der Waals surface area contributed by atoms with E-state index in [1.54, 1.807) is 17.7 Å². The van der Waals surface area contributed by atoms with Gasteiger partial charge in [0.05, 0.1) is 11.2 Å². The number of hydrogen-bond donors (Lipinski definition) is 2. The highest BCUT2D eigenvalue weighted by Gasteiger charge is 2.25. The van der Waals surface area contributed by atoms with Crippen molar-refractivity contribution < 1.29 is 0 Å². The SMILES string of the molecule is CNc1cc(N2CCCC2CNCc2cscn2)ncn1. The number of rotatable bonds is 6. The first-order valence-electron chi connectivity index (χ1n) is 7.21. The Labute approximate surface area is 128 Å². The van der Waals surface area contributed by atoms with E-state index in [1.807, 2.05) is 18.6 Å². The fourth-order valence-corrected chi connectivity index (χ4v) is 3.24. The Morgan fingerprint density at radius 3 is 3.14 bits per heavy atom. The van der Waals surface area contributed by atoms with Crippen molar-refractivity contribution in [2.75, 3.05) is 30.4 Å². The molecule has 6 nitrogen and oxygen atoms in total. The first-order valence-corrected chi connectivity index (χ1v) is 8.15. The van der Waals surface area contributed by atoms with Crippen LogP contribution in [0.4, 0.5) is 11.6 Å². The molecule has 1 fully saturated rings. The summed E-state index contributed by atoms with van der Waals surface area (Å²) in [5, 5.41) is 8.65. The molecule has 2 aromatic heterocycles. The molecular weight excluding hydrogens is 284 g/mol. The minimum atomic E-state index is 0.489. The van der Waals surface area contributed by atoms with Crippen LogP contribution in [0, 0.1) is 0 Å². The van der Waals surface area contributed by atoms with E-state index in [2.05, 4.69) is 35.9 Å². The van der Waals surface area contributed by atoms with E-state index in [4.69, 9.17) is 0 Å². The predicted molar refractivity (Wildman–Crippen MR) is 85.8 cm³/mol. The highest BCUT2D eigenvalue weighted by Crippen LogP contribution is 2.24. The van der Waals surface area contributed by atoms with Crippen molar-refractivity contribution in [3.63, 3.8) is 0 Å². The summed E-state index contributed by atoms with van der Waals surface area (Å²) in [7, 11) is 1.88. The van der Waals surface area contributed by atoms with Crippen molar-refractivity contribution in [2.24, 2.45) is 0 Å². The topological polar surface area (TPSA) is 66.0 Å². The van der Waals surface area contributed by atoms with Crippen LogP contribution in [0.5, 0.6) is 0 Å². The maximum atomic E-state index is 4.41. The maximum absolute atomic E-state index is 4.41. The van der Waals surface area contributed by atoms with Crippen molar-refractivity contribution in [2.45, 2.75) is 25.4 Å². The van der Waals surface area contributed by atoms with Gasteiger partial charge >= 0.3 is 0 Å². The van der Waals surface area contributed by atoms with Crippen LogP contribution >= 0.6 is 11.3 Å². The van der Waals surface area contributed by atoms with Gasteiger partial charge in [-0.25, -0.2) is 15.0 Å². The van der Waals surface area contributed by atoms with Crippen LogP contribution in [0.1, 0.15) is 18.5 Å². The molecule has 112 valence electrons. The van der Waals surface area contributed by atoms with E-state index in [0.29, 0.717) is 6.04 Å². The molecule has 0 radical (unpaired) electrons. The van der Waals surface area contributed by atoms with Gasteiger partial charge in [-0.3, -0.25) is 0 Å². The van der Waals surface area contributed by atoms with E-state index >= 15 is 0 Å². The molecule has 1 saturated heterocycles. The van der Waals surface area contributed by atoms with Crippen molar-refractivity contribution in [1.29, 1.82) is 0 Å². The first kappa shape index (κ1) is 14.2. The fraction of sp³-hybridized carbons (Fsp3) is 0.500. The van der Waals surface area contributed by atoms with Crippen LogP contribution in [0.25, 0.3) is 0 Å². The van der Waals surface area contributed by atoms with Crippen LogP contribution < -0.4 is 15.5 Å². The van der Waals surface area contributed by atoms with Crippen LogP contribution in [-0.4, -0.2) is 41.1 Å². The molecule has 0 aliphatic carbocycles. The second-order valence-electron chi connectivity index (χ2n) is 5.11. The Hall–Kier alpha value is -1.73. The third kappa shape index (κ3) is 3.48. The van der Waals surface area contributed by atoms with Gasteiger partial charge in [0.1, 0.15) is 18.0 Å². The molecule has 21 heavy (non-hydrogen) atoms. The summed E-state index contributed by atoms with van der Waals surface area (Å²) in [5.74, 6) is 1.87. The number of nitrogens with zero attached hydrogens (tertiary/aromatic N) is 4. The highest BCUT2D eigenvalue weighted by atomic mass is 32.1. The zero-order valence-corrected chi connectivity index (χ0v) is 12.9. The van der Waals surface area contributed by atoms with Crippen molar-refractivity contribution in [3.05, 3.63) is 29.0 Å². The molecule has 0 saturated carbocycles. The standard InChI is InChI=1S/C14H20N6S/c1-15-13-5-14(18-9-17-13)20-4-2-3-12(20)7-16-6-11-8-21-10-19-11/h5,8-10,12,16H,2-4,6-7H2,1H3,(H,15,17,18). The number of anilines is 2. The molecule has 1 aliphatic rings. The molecule has 0 aromatic carbocycles. The van der Waals surface area contributed by atoms with Gasteiger partial charge in [0.15, 0.2) is 0 Å². The number of nitrogens with one attached hydrogen (secondary N) is 2. The van der Waals surface area contributed by atoms with E-state index in [1.165, 1.54) is 12.8 Å². The van der Waals surface area contributed by atoms with E-state index < -0.39 is 0 Å². The zero-order chi connectivity index (χ0) is 14.5. The summed E-state index contributed by atoms with van der Waals surface area (Å²) >= 11 is 1.64. The summed E-state index contributed by atoms with van der Waals surface area (Å²) < 4.78 is 0. The third-order valence-electron chi connectivity index (χ3n) is 3.75. The Morgan fingerprint density at radius 1 is 1.38 bits per heavy atom. The Kier molecular flexibility index (Phi) is 4.62. The van der Waals surface area contributed by atoms with Gasteiger partial charge in [-0.1, -0.05) is 0 Å². The van der Waals surface area contributed by atoms with Gasteiger partial charge in [0, 0.05) is 44.2 Å². The fourth-order valence-electron chi connectivity index (χ4n) is 2.68. The molecule has 0 bridgehead atoms. The quantitative estimate of drug-likeness (QED) is 0.847. The smallest absolute Gasteiger partial charge is 0.134 e. The largest absolute Gasteiger partial charge is 0.373 e. The van der Waals surface area contributed by atoms with Gasteiger partial charge in [0.2, 0.25) is 0 Å². The van der Waals surface area contributed by atoms with E-state index in [-0.39, 0.29) is 0 Å². The minimum Gasteiger partial charge on any atom is -0.373 e. The van der Waals surface area contributed by atoms with Crippen LogP contribution in [0.15, 0.2) is 23.3 Å². The lowest BCUT2D eigenvalue weighted by Crippen LogP contribution is -2.38. The summed E-state index contributed by atoms with van der Waals surface area (Å²) in [4.78, 5) is 15.3. The molecular formula is C14H20N6S. The van der Waals surface area contributed by atoms with Crippen LogP contribution in [0.2, 0.25) is 0 Å². The molecule has 3 rings (SSSR count). The summed E-state index contributed by atoms with van der Waals surface area (Å²) in [6, 6.07) is 2.50. The molecule has 1 unspecified atom stereocenters. The van der Waals surface area contributed by atoms with Crippen molar-refractivity contribution >= 4 is 23.0 Å². The van der Waals surface area contributed by atoms with E-state index in [0.717, 1.165) is 37.0 Å². The maximum Gasteiger partial charge on any atom is 0.134 e. The predicted octanol–water partition coefficient (Wildman–Crippen LogP) is 1.73. The molecule has 2 N–H and O–H groups in total. The van der Waals surface area contributed by atoms with Gasteiger partial charge < -0.3 is 15.5 Å². The lowest BCUT2D eigenvalue weighted by Gasteiger charge is -2.26. The Balaban J connectivity index is 1.59. The first-order chi connectivity index (χ1) is 10.4. The second kappa shape index (κ2) is 6.82. The molecule has 1 atom stereocenters. The molecule has 7 heteroatoms. The van der Waals surface area contributed by atoms with Gasteiger partial charge in [0.25, 0.3) is 0 Å². The average Bonchev–Trinajstić information content (AvgIpc) is 3.19. The molecule has 0 spiro atoms. The monoisotopic (exact) mass is 304 g/mol. The lowest BCUT2D eigenvalue weighted by atomic mass is 10.2. The minimum absolute atomic E-state index is 0.489. The zero-order valence-electron chi connectivity index (χ0n) is 12.1. The summed E-state index contributed by atoms with van der Waals surface area (Å²) in [5.41, 5.74) is 2.99. The van der Waals surface area contributed by atoms with Crippen molar-refractivity contribution in [3.8, 4) is 0 Å². The highest BCUT2D eigenvalue weighted by molar-refractivity contribution is 7.07. The van der Waals surface area contributed by atoms with Gasteiger partial charge in [-0.15, -0.1) is 11.3 Å². The van der Waals surface area contributed by atoms with Crippen molar-refractivity contribution in [1.82, 2.24) is 20.3 Å². The third-order valence-corrected chi connectivity index (χ3v) is 4.39. The summed E-state index contributed by atoms with van der Waals surface area (Å²) in [6.45, 7) is 2.85. The average molecular weight is 304 g/mol. The lowest BCUT2D eigenvalue weighted by molar-refractivity contribution is 0.567. The Morgan fingerprint density at radius 2 is 2.33 bits per heavy atom. The van der Waals surface area contributed by atoms with Gasteiger partial charge in [-0.2, -0.15) is 0 Å². The second-order valence-corrected chi connectivity index (χ2v) is 5.83. The Bertz CT molecular complexity index is 558. The molecule has 3 heterocycles. The molecule has 0 amide bonds. The molecule has 2 aromatic rings. The number of hydrogen-bond acceptors (Lipinski definition) is 7. The van der Waals surface area contributed by atoms with E-state index in [9.17, 15) is 0 Å². The molecule has 1 aliphatic heterocycles. The van der Waals surface area contributed by atoms with Gasteiger partial charge in [-0.05, 0) is 12.8 Å². The number of thiazole rings is 1. The normalized spacial score (nSPS) is 18.1. The van der Waals surface area contributed by atoms with Crippen LogP contribution in [-0.2, 0) is 6.54 Å².